The maximum Gasteiger partial charge on any atom is 0.415 e. The number of carbonyl (C=O) groups is 2. The first-order valence-electron chi connectivity index (χ1n) is 7.04. The molecule has 6 heteroatoms. The molecule has 21 heavy (non-hydrogen) atoms. The Morgan fingerprint density at radius 1 is 1.48 bits per heavy atom. The number of hydrogen-bond acceptors (Lipinski definition) is 4. The average molecular weight is 292 g/mol. The van der Waals surface area contributed by atoms with E-state index in [1.54, 1.807) is 13.1 Å². The largest absolute Gasteiger partial charge is 0.481 e. The summed E-state index contributed by atoms with van der Waals surface area (Å²) in [5, 5.41) is 12.0. The van der Waals surface area contributed by atoms with Crippen molar-refractivity contribution in [3.8, 4) is 5.75 Å². The summed E-state index contributed by atoms with van der Waals surface area (Å²) in [4.78, 5) is 24.0. The van der Waals surface area contributed by atoms with E-state index in [2.05, 4.69) is 5.32 Å². The Bertz CT molecular complexity index is 544. The summed E-state index contributed by atoms with van der Waals surface area (Å²) in [5.74, 6) is -0.162. The molecule has 0 spiro atoms. The molecule has 1 aliphatic heterocycles. The summed E-state index contributed by atoms with van der Waals surface area (Å²) in [6, 6.07) is 5.52. The van der Waals surface area contributed by atoms with E-state index in [0.717, 1.165) is 11.3 Å². The molecule has 114 valence electrons. The molecule has 1 unspecified atom stereocenters. The van der Waals surface area contributed by atoms with Gasteiger partial charge >= 0.3 is 12.1 Å². The minimum Gasteiger partial charge on any atom is -0.481 e. The van der Waals surface area contributed by atoms with Crippen molar-refractivity contribution in [1.82, 2.24) is 4.90 Å². The van der Waals surface area contributed by atoms with Gasteiger partial charge in [-0.25, -0.2) is 4.79 Å². The third-order valence-electron chi connectivity index (χ3n) is 3.71. The number of benzene rings is 1. The van der Waals surface area contributed by atoms with Crippen molar-refractivity contribution in [2.75, 3.05) is 25.5 Å². The first-order valence-corrected chi connectivity index (χ1v) is 7.04. The van der Waals surface area contributed by atoms with E-state index in [1.807, 2.05) is 19.1 Å². The van der Waals surface area contributed by atoms with E-state index in [0.29, 0.717) is 25.3 Å². The molecule has 0 saturated heterocycles. The number of nitrogens with zero attached hydrogens (tertiary/aromatic N) is 1. The molecule has 0 aliphatic carbocycles. The zero-order valence-corrected chi connectivity index (χ0v) is 12.3. The van der Waals surface area contributed by atoms with Gasteiger partial charge in [-0.1, -0.05) is 12.1 Å². The molecule has 1 atom stereocenters. The number of carbonyl (C=O) groups excluding carboxylic acids is 1. The van der Waals surface area contributed by atoms with Crippen LogP contribution in [0, 0.1) is 0 Å². The smallest absolute Gasteiger partial charge is 0.415 e. The quantitative estimate of drug-likeness (QED) is 0.871. The third-order valence-corrected chi connectivity index (χ3v) is 3.71. The van der Waals surface area contributed by atoms with E-state index in [9.17, 15) is 9.59 Å². The summed E-state index contributed by atoms with van der Waals surface area (Å²) in [6.45, 7) is 3.11. The number of para-hydroxylation sites is 1. The molecule has 0 bridgehead atoms. The number of fused-ring (bicyclic) bond motifs is 1. The predicted octanol–water partition coefficient (Wildman–Crippen LogP) is 2.51. The molecule has 0 fully saturated rings. The fraction of sp³-hybridized carbons (Fsp3) is 0.467. The predicted molar refractivity (Wildman–Crippen MR) is 78.9 cm³/mol. The minimum atomic E-state index is -0.796. The summed E-state index contributed by atoms with van der Waals surface area (Å²) in [7, 11) is 1.68. The zero-order valence-electron chi connectivity index (χ0n) is 12.3. The topological polar surface area (TPSA) is 78.9 Å². The molecule has 1 aromatic carbocycles. The maximum absolute atomic E-state index is 11.8. The van der Waals surface area contributed by atoms with Gasteiger partial charge in [-0.15, -0.1) is 0 Å². The van der Waals surface area contributed by atoms with E-state index < -0.39 is 12.1 Å². The first-order chi connectivity index (χ1) is 10.0. The van der Waals surface area contributed by atoms with Crippen LogP contribution < -0.4 is 10.1 Å². The Labute approximate surface area is 123 Å². The van der Waals surface area contributed by atoms with Crippen LogP contribution in [-0.4, -0.2) is 42.2 Å². The summed E-state index contributed by atoms with van der Waals surface area (Å²) >= 11 is 0. The average Bonchev–Trinajstić information content (AvgIpc) is 2.88. The lowest BCUT2D eigenvalue weighted by molar-refractivity contribution is -0.137. The molecule has 2 rings (SSSR count). The van der Waals surface area contributed by atoms with Gasteiger partial charge in [0, 0.05) is 32.5 Å². The Morgan fingerprint density at radius 2 is 2.24 bits per heavy atom. The summed E-state index contributed by atoms with van der Waals surface area (Å²) in [6.07, 6.45) is 0.303. The van der Waals surface area contributed by atoms with Gasteiger partial charge in [-0.05, 0) is 25.0 Å². The van der Waals surface area contributed by atoms with Crippen LogP contribution in [0.1, 0.15) is 31.2 Å². The highest BCUT2D eigenvalue weighted by Crippen LogP contribution is 2.40. The maximum atomic E-state index is 11.8. The Hall–Kier alpha value is -2.24. The highest BCUT2D eigenvalue weighted by atomic mass is 16.6. The lowest BCUT2D eigenvalue weighted by Crippen LogP contribution is -2.29. The fourth-order valence-corrected chi connectivity index (χ4v) is 2.35. The fourth-order valence-electron chi connectivity index (χ4n) is 2.35. The van der Waals surface area contributed by atoms with E-state index in [1.165, 1.54) is 4.90 Å². The van der Waals surface area contributed by atoms with Crippen LogP contribution in [0.25, 0.3) is 0 Å². The Morgan fingerprint density at radius 3 is 2.90 bits per heavy atom. The van der Waals surface area contributed by atoms with E-state index >= 15 is 0 Å². The zero-order chi connectivity index (χ0) is 15.4. The number of carboxylic acids is 1. The molecule has 1 heterocycles. The highest BCUT2D eigenvalue weighted by molar-refractivity contribution is 5.76. The van der Waals surface area contributed by atoms with Crippen LogP contribution in [0.2, 0.25) is 0 Å². The molecule has 1 amide bonds. The van der Waals surface area contributed by atoms with Gasteiger partial charge in [0.25, 0.3) is 0 Å². The number of hydrogen-bond donors (Lipinski definition) is 2. The van der Waals surface area contributed by atoms with Crippen molar-refractivity contribution in [2.24, 2.45) is 0 Å². The first kappa shape index (κ1) is 15.2. The molecule has 0 aromatic heterocycles. The van der Waals surface area contributed by atoms with Crippen molar-refractivity contribution in [3.63, 3.8) is 0 Å². The standard InChI is InChI=1S/C15H20N2O4/c1-3-17(2)15(20)21-12-6-4-5-11-10(7-8-13(18)19)9-16-14(11)12/h4-6,10,16H,3,7-9H2,1-2H3,(H,18,19). The normalized spacial score (nSPS) is 16.0. The number of carboxylic acid groups (broad SMARTS) is 1. The van der Waals surface area contributed by atoms with Gasteiger partial charge in [0.2, 0.25) is 0 Å². The van der Waals surface area contributed by atoms with E-state index in [4.69, 9.17) is 9.84 Å². The second-order valence-electron chi connectivity index (χ2n) is 5.11. The Kier molecular flexibility index (Phi) is 4.67. The van der Waals surface area contributed by atoms with Crippen molar-refractivity contribution in [2.45, 2.75) is 25.7 Å². The van der Waals surface area contributed by atoms with Crippen molar-refractivity contribution in [1.29, 1.82) is 0 Å². The van der Waals surface area contributed by atoms with Gasteiger partial charge in [-0.2, -0.15) is 0 Å². The van der Waals surface area contributed by atoms with Crippen molar-refractivity contribution >= 4 is 17.7 Å². The van der Waals surface area contributed by atoms with Gasteiger partial charge in [0.15, 0.2) is 5.75 Å². The lowest BCUT2D eigenvalue weighted by Gasteiger charge is -2.16. The molecular weight excluding hydrogens is 272 g/mol. The second kappa shape index (κ2) is 6.47. The number of nitrogens with one attached hydrogen (secondary N) is 1. The molecule has 2 N–H and O–H groups in total. The Balaban J connectivity index is 2.13. The van der Waals surface area contributed by atoms with Crippen LogP contribution in [0.5, 0.6) is 5.75 Å². The van der Waals surface area contributed by atoms with Gasteiger partial charge in [0.05, 0.1) is 5.69 Å². The number of anilines is 1. The minimum absolute atomic E-state index is 0.133. The van der Waals surface area contributed by atoms with Crippen LogP contribution >= 0.6 is 0 Å². The second-order valence-corrected chi connectivity index (χ2v) is 5.11. The molecule has 1 aromatic rings. The molecule has 6 nitrogen and oxygen atoms in total. The van der Waals surface area contributed by atoms with Crippen LogP contribution in [0.4, 0.5) is 10.5 Å². The van der Waals surface area contributed by atoms with Crippen LogP contribution in [0.3, 0.4) is 0 Å². The SMILES string of the molecule is CCN(C)C(=O)Oc1cccc2c1NCC2CCC(=O)O. The summed E-state index contributed by atoms with van der Waals surface area (Å²) in [5.41, 5.74) is 1.81. The monoisotopic (exact) mass is 292 g/mol. The van der Waals surface area contributed by atoms with Crippen LogP contribution in [0.15, 0.2) is 18.2 Å². The highest BCUT2D eigenvalue weighted by Gasteiger charge is 2.26. The number of amides is 1. The van der Waals surface area contributed by atoms with Crippen molar-refractivity contribution in [3.05, 3.63) is 23.8 Å². The number of ether oxygens (including phenoxy) is 1. The number of aliphatic carboxylic acids is 1. The third kappa shape index (κ3) is 3.45. The number of rotatable bonds is 5. The molecule has 0 saturated carbocycles. The molecule has 1 aliphatic rings. The molecular formula is C15H20N2O4. The van der Waals surface area contributed by atoms with Crippen LogP contribution in [-0.2, 0) is 4.79 Å². The van der Waals surface area contributed by atoms with E-state index in [-0.39, 0.29) is 12.3 Å². The van der Waals surface area contributed by atoms with Gasteiger partial charge in [-0.3, -0.25) is 4.79 Å². The van der Waals surface area contributed by atoms with Gasteiger partial charge in [0.1, 0.15) is 0 Å². The molecule has 0 radical (unpaired) electrons. The van der Waals surface area contributed by atoms with Crippen molar-refractivity contribution < 1.29 is 19.4 Å². The lowest BCUT2D eigenvalue weighted by atomic mass is 9.96. The van der Waals surface area contributed by atoms with Gasteiger partial charge < -0.3 is 20.1 Å². The summed E-state index contributed by atoms with van der Waals surface area (Å²) < 4.78 is 5.39.